The average molecular weight is 455 g/mol. The summed E-state index contributed by atoms with van der Waals surface area (Å²) in [6.07, 6.45) is 3.85. The minimum atomic E-state index is -0.222. The Bertz CT molecular complexity index is 1230. The molecule has 6 nitrogen and oxygen atoms in total. The van der Waals surface area contributed by atoms with Crippen LogP contribution in [0.15, 0.2) is 56.8 Å². The summed E-state index contributed by atoms with van der Waals surface area (Å²) in [5, 5.41) is 10.1. The number of nitrogens with zero attached hydrogens (tertiary/aromatic N) is 4. The Morgan fingerprint density at radius 1 is 1.30 bits per heavy atom. The van der Waals surface area contributed by atoms with Gasteiger partial charge in [-0.25, -0.2) is 15.0 Å². The number of thiophene rings is 2. The first kappa shape index (κ1) is 19.5. The third-order valence-electron chi connectivity index (χ3n) is 5.11. The molecule has 0 saturated heterocycles. The largest absolute Gasteiger partial charge is 0.467 e. The molecular weight excluding hydrogens is 436 g/mol. The number of rotatable bonds is 5. The van der Waals surface area contributed by atoms with Gasteiger partial charge in [0.2, 0.25) is 0 Å². The summed E-state index contributed by atoms with van der Waals surface area (Å²) >= 11 is 4.72. The minimum Gasteiger partial charge on any atom is -0.467 e. The van der Waals surface area contributed by atoms with Gasteiger partial charge in [0, 0.05) is 16.7 Å². The summed E-state index contributed by atoms with van der Waals surface area (Å²) in [6.45, 7) is 4.16. The molecule has 0 saturated carbocycles. The Morgan fingerprint density at radius 2 is 2.20 bits per heavy atom. The predicted octanol–water partition coefficient (Wildman–Crippen LogP) is 5.43. The molecule has 1 amide bonds. The van der Waals surface area contributed by atoms with Gasteiger partial charge in [-0.15, -0.1) is 22.7 Å². The van der Waals surface area contributed by atoms with Crippen LogP contribution in [0.1, 0.15) is 33.5 Å². The second kappa shape index (κ2) is 7.98. The first-order valence-corrected chi connectivity index (χ1v) is 12.1. The molecule has 4 aromatic heterocycles. The normalized spacial score (nSPS) is 16.4. The molecule has 0 N–H and O–H groups in total. The fourth-order valence-corrected chi connectivity index (χ4v) is 6.18. The molecule has 0 aromatic carbocycles. The van der Waals surface area contributed by atoms with Crippen molar-refractivity contribution in [3.05, 3.63) is 63.3 Å². The molecular formula is C21H18N4O2S3. The van der Waals surface area contributed by atoms with Gasteiger partial charge in [-0.2, -0.15) is 5.10 Å². The number of furan rings is 1. The van der Waals surface area contributed by atoms with Gasteiger partial charge >= 0.3 is 0 Å². The van der Waals surface area contributed by atoms with Crippen LogP contribution in [0.25, 0.3) is 10.2 Å². The molecule has 1 aliphatic rings. The lowest BCUT2D eigenvalue weighted by Crippen LogP contribution is -2.28. The summed E-state index contributed by atoms with van der Waals surface area (Å²) in [7, 11) is 0. The topological polar surface area (TPSA) is 71.6 Å². The number of aromatic nitrogens is 2. The molecule has 5 heterocycles. The number of carbonyl (C=O) groups excluding carboxylic acids is 1. The van der Waals surface area contributed by atoms with Crippen molar-refractivity contribution in [2.75, 3.05) is 5.75 Å². The first-order chi connectivity index (χ1) is 14.6. The lowest BCUT2D eigenvalue weighted by atomic mass is 10.1. The molecule has 9 heteroatoms. The first-order valence-electron chi connectivity index (χ1n) is 9.42. The van der Waals surface area contributed by atoms with Crippen molar-refractivity contribution in [2.45, 2.75) is 31.3 Å². The van der Waals surface area contributed by atoms with E-state index >= 15 is 0 Å². The van der Waals surface area contributed by atoms with Crippen LogP contribution in [0.3, 0.4) is 0 Å². The summed E-state index contributed by atoms with van der Waals surface area (Å²) in [5.41, 5.74) is 2.09. The maximum absolute atomic E-state index is 13.2. The highest BCUT2D eigenvalue weighted by Crippen LogP contribution is 2.37. The van der Waals surface area contributed by atoms with Gasteiger partial charge in [0.05, 0.1) is 22.6 Å². The molecule has 152 valence electrons. The zero-order valence-electron chi connectivity index (χ0n) is 16.4. The summed E-state index contributed by atoms with van der Waals surface area (Å²) < 4.78 is 5.61. The average Bonchev–Trinajstić information content (AvgIpc) is 3.53. The smallest absolute Gasteiger partial charge is 0.253 e. The van der Waals surface area contributed by atoms with Crippen LogP contribution in [0.5, 0.6) is 0 Å². The standard InChI is InChI=1S/C21H18N4O2S3/c1-12-13(2)30-21-19(12)20(22-11-23-21)29-10-18(26)25-15(16-5-3-7-27-16)9-14(24-25)17-6-4-8-28-17/h3-8,11,15H,9-10H2,1-2H3/t15-/m0/s1. The fraction of sp³-hybridized carbons (Fsp3) is 0.238. The quantitative estimate of drug-likeness (QED) is 0.297. The van der Waals surface area contributed by atoms with Crippen LogP contribution in [0, 0.1) is 13.8 Å². The highest BCUT2D eigenvalue weighted by molar-refractivity contribution is 8.00. The highest BCUT2D eigenvalue weighted by atomic mass is 32.2. The van der Waals surface area contributed by atoms with E-state index in [9.17, 15) is 4.79 Å². The van der Waals surface area contributed by atoms with Crippen molar-refractivity contribution in [2.24, 2.45) is 5.10 Å². The number of aryl methyl sites for hydroxylation is 2. The molecule has 0 unspecified atom stereocenters. The molecule has 4 aromatic rings. The van der Waals surface area contributed by atoms with Gasteiger partial charge < -0.3 is 4.42 Å². The Morgan fingerprint density at radius 3 is 2.97 bits per heavy atom. The molecule has 1 atom stereocenters. The molecule has 0 radical (unpaired) electrons. The van der Waals surface area contributed by atoms with Gasteiger partial charge in [-0.1, -0.05) is 17.8 Å². The van der Waals surface area contributed by atoms with Crippen molar-refractivity contribution in [3.63, 3.8) is 0 Å². The molecule has 0 fully saturated rings. The molecule has 30 heavy (non-hydrogen) atoms. The van der Waals surface area contributed by atoms with Crippen molar-refractivity contribution in [3.8, 4) is 0 Å². The van der Waals surface area contributed by atoms with Gasteiger partial charge in [-0.05, 0) is 43.0 Å². The Balaban J connectivity index is 1.40. The second-order valence-electron chi connectivity index (χ2n) is 6.93. The van der Waals surface area contributed by atoms with Gasteiger partial charge in [0.1, 0.15) is 28.0 Å². The van der Waals surface area contributed by atoms with E-state index in [0.717, 1.165) is 31.6 Å². The maximum atomic E-state index is 13.2. The number of thioether (sulfide) groups is 1. The van der Waals surface area contributed by atoms with Crippen molar-refractivity contribution in [1.29, 1.82) is 0 Å². The SMILES string of the molecule is Cc1sc2ncnc(SCC(=O)N3N=C(c4cccs4)C[C@H]3c3ccco3)c2c1C. The van der Waals surface area contributed by atoms with E-state index in [1.807, 2.05) is 29.6 Å². The Labute approximate surface area is 185 Å². The molecule has 0 aliphatic carbocycles. The number of amides is 1. The van der Waals surface area contributed by atoms with Crippen molar-refractivity contribution >= 4 is 56.3 Å². The van der Waals surface area contributed by atoms with Crippen LogP contribution in [0.4, 0.5) is 0 Å². The monoisotopic (exact) mass is 454 g/mol. The van der Waals surface area contributed by atoms with Crippen LogP contribution in [-0.4, -0.2) is 32.3 Å². The third-order valence-corrected chi connectivity index (χ3v) is 8.11. The van der Waals surface area contributed by atoms with E-state index in [-0.39, 0.29) is 17.7 Å². The summed E-state index contributed by atoms with van der Waals surface area (Å²) in [4.78, 5) is 25.3. The van der Waals surface area contributed by atoms with Crippen molar-refractivity contribution in [1.82, 2.24) is 15.0 Å². The maximum Gasteiger partial charge on any atom is 0.253 e. The molecule has 0 bridgehead atoms. The Hall–Kier alpha value is -2.49. The lowest BCUT2D eigenvalue weighted by Gasteiger charge is -2.19. The van der Waals surface area contributed by atoms with E-state index in [0.29, 0.717) is 6.42 Å². The van der Waals surface area contributed by atoms with E-state index < -0.39 is 0 Å². The van der Waals surface area contributed by atoms with Gasteiger partial charge in [-0.3, -0.25) is 4.79 Å². The van der Waals surface area contributed by atoms with E-state index in [4.69, 9.17) is 4.42 Å². The number of hydrogen-bond donors (Lipinski definition) is 0. The molecule has 5 rings (SSSR count). The molecule has 0 spiro atoms. The van der Waals surface area contributed by atoms with E-state index in [1.54, 1.807) is 40.3 Å². The Kier molecular flexibility index (Phi) is 5.18. The van der Waals surface area contributed by atoms with Crippen LogP contribution in [0.2, 0.25) is 0 Å². The van der Waals surface area contributed by atoms with Crippen LogP contribution in [-0.2, 0) is 4.79 Å². The third kappa shape index (κ3) is 3.46. The van der Waals surface area contributed by atoms with Gasteiger partial charge in [0.25, 0.3) is 5.91 Å². The molecule has 1 aliphatic heterocycles. The van der Waals surface area contributed by atoms with Crippen molar-refractivity contribution < 1.29 is 9.21 Å². The zero-order chi connectivity index (χ0) is 20.7. The lowest BCUT2D eigenvalue weighted by molar-refractivity contribution is -0.130. The number of hydrogen-bond acceptors (Lipinski definition) is 8. The van der Waals surface area contributed by atoms with E-state index in [1.165, 1.54) is 22.2 Å². The summed E-state index contributed by atoms with van der Waals surface area (Å²) in [5.74, 6) is 0.931. The predicted molar refractivity (Wildman–Crippen MR) is 121 cm³/mol. The van der Waals surface area contributed by atoms with Crippen LogP contribution < -0.4 is 0 Å². The number of carbonyl (C=O) groups is 1. The second-order valence-corrected chi connectivity index (χ2v) is 10.0. The fourth-order valence-electron chi connectivity index (χ4n) is 3.49. The number of fused-ring (bicyclic) bond motifs is 1. The summed E-state index contributed by atoms with van der Waals surface area (Å²) in [6, 6.07) is 7.55. The van der Waals surface area contributed by atoms with Crippen LogP contribution >= 0.6 is 34.4 Å². The zero-order valence-corrected chi connectivity index (χ0v) is 18.8. The minimum absolute atomic E-state index is 0.0654. The van der Waals surface area contributed by atoms with E-state index in [2.05, 4.69) is 28.9 Å². The van der Waals surface area contributed by atoms with Gasteiger partial charge in [0.15, 0.2) is 0 Å². The number of hydrazone groups is 1. The highest BCUT2D eigenvalue weighted by Gasteiger charge is 2.35.